The summed E-state index contributed by atoms with van der Waals surface area (Å²) in [7, 11) is 0. The van der Waals surface area contributed by atoms with E-state index in [1.54, 1.807) is 0 Å². The van der Waals surface area contributed by atoms with Crippen LogP contribution in [0.15, 0.2) is 165 Å². The van der Waals surface area contributed by atoms with E-state index in [4.69, 9.17) is 13.6 Å². The van der Waals surface area contributed by atoms with E-state index in [2.05, 4.69) is 132 Å². The molecule has 1 aliphatic carbocycles. The van der Waals surface area contributed by atoms with Crippen LogP contribution in [-0.2, 0) is 0 Å². The van der Waals surface area contributed by atoms with Gasteiger partial charge < -0.3 is 23.4 Å². The van der Waals surface area contributed by atoms with E-state index in [-0.39, 0.29) is 5.43 Å². The molecule has 6 nitrogen and oxygen atoms in total. The van der Waals surface area contributed by atoms with Crippen molar-refractivity contribution in [3.8, 4) is 22.6 Å². The Balaban J connectivity index is 1.05. The van der Waals surface area contributed by atoms with Gasteiger partial charge in [-0.05, 0) is 121 Å². The summed E-state index contributed by atoms with van der Waals surface area (Å²) in [6.45, 7) is 2.08. The molecule has 0 fully saturated rings. The highest BCUT2D eigenvalue weighted by Crippen LogP contribution is 2.53. The van der Waals surface area contributed by atoms with E-state index >= 15 is 0 Å². The molecule has 2 aliphatic rings. The quantitative estimate of drug-likeness (QED) is 0.165. The van der Waals surface area contributed by atoms with Crippen molar-refractivity contribution in [1.82, 2.24) is 0 Å². The molecule has 0 bridgehead atoms. The van der Waals surface area contributed by atoms with Gasteiger partial charge in [0, 0.05) is 28.0 Å². The molecular weight excluding hydrogens is 693 g/mol. The van der Waals surface area contributed by atoms with Crippen molar-refractivity contribution in [1.29, 1.82) is 0 Å². The monoisotopic (exact) mass is 726 g/mol. The molecule has 0 N–H and O–H groups in total. The van der Waals surface area contributed by atoms with Crippen LogP contribution in [0.2, 0.25) is 0 Å². The summed E-state index contributed by atoms with van der Waals surface area (Å²) >= 11 is 0. The molecule has 0 atom stereocenters. The molecule has 11 rings (SSSR count). The van der Waals surface area contributed by atoms with Gasteiger partial charge in [0.2, 0.25) is 5.43 Å². The number of ether oxygens (including phenoxy) is 1. The molecule has 7 aromatic carbocycles. The Morgan fingerprint density at radius 2 is 1.32 bits per heavy atom. The molecule has 0 saturated heterocycles. The Labute approximate surface area is 322 Å². The number of hydrogen-bond acceptors (Lipinski definition) is 6. The van der Waals surface area contributed by atoms with Gasteiger partial charge in [-0.2, -0.15) is 0 Å². The van der Waals surface area contributed by atoms with Crippen LogP contribution in [0.3, 0.4) is 0 Å². The fraction of sp³-hybridized carbons (Fsp3) is 0.0600. The Morgan fingerprint density at radius 3 is 2.23 bits per heavy atom. The van der Waals surface area contributed by atoms with Crippen molar-refractivity contribution in [2.45, 2.75) is 19.8 Å². The first-order valence-electron chi connectivity index (χ1n) is 18.9. The largest absolute Gasteiger partial charge is 0.456 e. The zero-order chi connectivity index (χ0) is 37.3. The fourth-order valence-electron chi connectivity index (χ4n) is 8.25. The lowest BCUT2D eigenvalue weighted by atomic mass is 10.0. The van der Waals surface area contributed by atoms with Crippen LogP contribution in [-0.4, -0.2) is 0 Å². The molecule has 0 unspecified atom stereocenters. The zero-order valence-electron chi connectivity index (χ0n) is 30.5. The van der Waals surface area contributed by atoms with Crippen molar-refractivity contribution < 1.29 is 13.6 Å². The minimum Gasteiger partial charge on any atom is -0.456 e. The Hall–Kier alpha value is -7.31. The molecule has 0 amide bonds. The zero-order valence-corrected chi connectivity index (χ0v) is 30.5. The topological polar surface area (TPSA) is 59.1 Å². The molecular formula is C50H34N2O4. The highest BCUT2D eigenvalue weighted by Gasteiger charge is 2.28. The molecule has 3 heterocycles. The normalized spacial score (nSPS) is 13.1. The Morgan fingerprint density at radius 1 is 0.571 bits per heavy atom. The average molecular weight is 727 g/mol. The van der Waals surface area contributed by atoms with Crippen molar-refractivity contribution in [2.75, 3.05) is 9.80 Å². The second-order valence-corrected chi connectivity index (χ2v) is 14.4. The van der Waals surface area contributed by atoms with Crippen LogP contribution in [0.1, 0.15) is 18.4 Å². The number of rotatable bonds is 5. The molecule has 268 valence electrons. The van der Waals surface area contributed by atoms with Crippen LogP contribution in [0.4, 0.5) is 34.1 Å². The number of nitrogens with zero attached hydrogens (tertiary/aromatic N) is 2. The highest BCUT2D eigenvalue weighted by atomic mass is 16.5. The smallest absolute Gasteiger partial charge is 0.200 e. The number of anilines is 6. The number of benzene rings is 7. The van der Waals surface area contributed by atoms with Crippen LogP contribution in [0.25, 0.3) is 56.2 Å². The summed E-state index contributed by atoms with van der Waals surface area (Å²) in [5, 5.41) is 3.43. The van der Waals surface area contributed by atoms with Gasteiger partial charge >= 0.3 is 0 Å². The van der Waals surface area contributed by atoms with Crippen molar-refractivity contribution in [2.24, 2.45) is 0 Å². The first kappa shape index (κ1) is 32.1. The van der Waals surface area contributed by atoms with Gasteiger partial charge in [0.15, 0.2) is 17.1 Å². The van der Waals surface area contributed by atoms with E-state index in [9.17, 15) is 4.79 Å². The Bertz CT molecular complexity index is 3230. The summed E-state index contributed by atoms with van der Waals surface area (Å²) in [6, 6.07) is 51.2. The second-order valence-electron chi connectivity index (χ2n) is 14.4. The van der Waals surface area contributed by atoms with Gasteiger partial charge in [-0.15, -0.1) is 0 Å². The summed E-state index contributed by atoms with van der Waals surface area (Å²) in [4.78, 5) is 17.8. The minimum atomic E-state index is -0.0267. The number of para-hydroxylation sites is 3. The number of hydrogen-bond donors (Lipinski definition) is 0. The van der Waals surface area contributed by atoms with E-state index in [0.717, 1.165) is 91.5 Å². The summed E-state index contributed by atoms with van der Waals surface area (Å²) < 4.78 is 19.6. The maximum Gasteiger partial charge on any atom is 0.200 e. The van der Waals surface area contributed by atoms with Crippen LogP contribution in [0.5, 0.6) is 11.5 Å². The molecule has 0 spiro atoms. The highest BCUT2D eigenvalue weighted by molar-refractivity contribution is 5.98. The fourth-order valence-corrected chi connectivity index (χ4v) is 8.25. The molecule has 9 aromatic rings. The van der Waals surface area contributed by atoms with Crippen LogP contribution in [0, 0.1) is 6.92 Å². The molecule has 6 heteroatoms. The third-order valence-corrected chi connectivity index (χ3v) is 10.9. The standard InChI is InChI=1S/C50H34N2O4/c1-31-21-25-41-47(27-31)55-48-30-36(51(34-12-3-2-4-13-34)43-18-10-17-38-37-15-5-7-19-44(37)56-50(38)43)23-26-42(48)52(41)35-14-9-11-32(28-35)33-22-24-40-46(29-33)54-45-20-8-6-16-39(45)49(40)53/h2-4,6,8-30H,5,7H2,1H3. The van der Waals surface area contributed by atoms with Crippen molar-refractivity contribution >= 4 is 79.2 Å². The third kappa shape index (κ3) is 5.14. The lowest BCUT2D eigenvalue weighted by Crippen LogP contribution is -2.21. The molecule has 0 saturated carbocycles. The van der Waals surface area contributed by atoms with Gasteiger partial charge in [0.05, 0.1) is 33.5 Å². The van der Waals surface area contributed by atoms with E-state index in [1.807, 2.05) is 48.5 Å². The van der Waals surface area contributed by atoms with Gasteiger partial charge in [0.25, 0.3) is 0 Å². The SMILES string of the molecule is Cc1ccc2c(c1)Oc1cc(N(c3ccccc3)c3cccc4c5c(oc34)=CCCC=5)ccc1N2c1cccc(-c2ccc3c(=O)c4ccccc4oc3c2)c1. The summed E-state index contributed by atoms with van der Waals surface area (Å²) in [6.07, 6.45) is 6.47. The molecule has 1 aliphatic heterocycles. The first-order chi connectivity index (χ1) is 27.6. The number of aryl methyl sites for hydroxylation is 1. The number of fused-ring (bicyclic) bond motifs is 7. The van der Waals surface area contributed by atoms with Crippen LogP contribution < -0.4 is 30.6 Å². The molecule has 2 aromatic heterocycles. The van der Waals surface area contributed by atoms with Gasteiger partial charge in [-0.25, -0.2) is 0 Å². The van der Waals surface area contributed by atoms with Crippen LogP contribution >= 0.6 is 0 Å². The van der Waals surface area contributed by atoms with Crippen molar-refractivity contribution in [3.05, 3.63) is 178 Å². The average Bonchev–Trinajstić information content (AvgIpc) is 3.63. The minimum absolute atomic E-state index is 0.0267. The molecule has 0 radical (unpaired) electrons. The Kier molecular flexibility index (Phi) is 7.26. The first-order valence-corrected chi connectivity index (χ1v) is 18.9. The predicted octanol–water partition coefficient (Wildman–Crippen LogP) is 12.1. The lowest BCUT2D eigenvalue weighted by Gasteiger charge is -2.34. The number of furan rings is 1. The van der Waals surface area contributed by atoms with Crippen molar-refractivity contribution in [3.63, 3.8) is 0 Å². The molecule has 56 heavy (non-hydrogen) atoms. The van der Waals surface area contributed by atoms with Gasteiger partial charge in [-0.1, -0.05) is 72.8 Å². The van der Waals surface area contributed by atoms with E-state index < -0.39 is 0 Å². The predicted molar refractivity (Wildman–Crippen MR) is 227 cm³/mol. The maximum atomic E-state index is 13.3. The van der Waals surface area contributed by atoms with Gasteiger partial charge in [0.1, 0.15) is 16.6 Å². The maximum absolute atomic E-state index is 13.3. The van der Waals surface area contributed by atoms with E-state index in [1.165, 1.54) is 5.22 Å². The van der Waals surface area contributed by atoms with E-state index in [0.29, 0.717) is 21.9 Å². The van der Waals surface area contributed by atoms with Gasteiger partial charge in [-0.3, -0.25) is 4.79 Å². The second kappa shape index (κ2) is 12.6. The lowest BCUT2D eigenvalue weighted by molar-refractivity contribution is 0.476. The summed E-state index contributed by atoms with van der Waals surface area (Å²) in [5.74, 6) is 1.51. The third-order valence-electron chi connectivity index (χ3n) is 10.9. The summed E-state index contributed by atoms with van der Waals surface area (Å²) in [5.41, 5.74) is 11.7.